The third kappa shape index (κ3) is 3.63. The van der Waals surface area contributed by atoms with Crippen molar-refractivity contribution >= 4 is 45.3 Å². The summed E-state index contributed by atoms with van der Waals surface area (Å²) in [5.41, 5.74) is 3.89. The molecular formula is C28H20N2. The van der Waals surface area contributed by atoms with E-state index < -0.39 is 0 Å². The van der Waals surface area contributed by atoms with Crippen molar-refractivity contribution in [2.24, 2.45) is 9.98 Å². The van der Waals surface area contributed by atoms with Gasteiger partial charge in [-0.1, -0.05) is 97.1 Å². The topological polar surface area (TPSA) is 24.7 Å². The minimum atomic E-state index is 0.849. The van der Waals surface area contributed by atoms with E-state index >= 15 is 0 Å². The first-order valence-electron chi connectivity index (χ1n) is 10.0. The summed E-state index contributed by atoms with van der Waals surface area (Å²) >= 11 is 0. The normalized spacial score (nSPS) is 11.7. The molecule has 5 rings (SSSR count). The zero-order valence-electron chi connectivity index (χ0n) is 16.4. The van der Waals surface area contributed by atoms with Crippen LogP contribution in [-0.2, 0) is 0 Å². The lowest BCUT2D eigenvalue weighted by Crippen LogP contribution is -1.85. The van der Waals surface area contributed by atoms with Crippen LogP contribution in [0.5, 0.6) is 0 Å². The smallest absolute Gasteiger partial charge is 0.0886 e. The molecule has 0 fully saturated rings. The zero-order valence-corrected chi connectivity index (χ0v) is 16.4. The van der Waals surface area contributed by atoms with Gasteiger partial charge in [0, 0.05) is 23.6 Å². The van der Waals surface area contributed by atoms with Crippen LogP contribution in [0.3, 0.4) is 0 Å². The van der Waals surface area contributed by atoms with Gasteiger partial charge in [-0.15, -0.1) is 0 Å². The quantitative estimate of drug-likeness (QED) is 0.287. The van der Waals surface area contributed by atoms with Gasteiger partial charge in [0.15, 0.2) is 0 Å². The highest BCUT2D eigenvalue weighted by atomic mass is 14.8. The lowest BCUT2D eigenvalue weighted by atomic mass is 10.1. The van der Waals surface area contributed by atoms with Crippen molar-refractivity contribution in [1.29, 1.82) is 0 Å². The summed E-state index contributed by atoms with van der Waals surface area (Å²) in [5, 5.41) is 4.81. The molecule has 0 atom stereocenters. The van der Waals surface area contributed by atoms with Gasteiger partial charge < -0.3 is 0 Å². The molecule has 0 spiro atoms. The fourth-order valence-corrected chi connectivity index (χ4v) is 3.69. The van der Waals surface area contributed by atoms with Gasteiger partial charge in [-0.2, -0.15) is 0 Å². The highest BCUT2D eigenvalue weighted by Gasteiger charge is 2.01. The van der Waals surface area contributed by atoms with E-state index in [0.717, 1.165) is 22.5 Å². The summed E-state index contributed by atoms with van der Waals surface area (Å²) in [6, 6.07) is 37.3. The van der Waals surface area contributed by atoms with Crippen LogP contribution in [0, 0.1) is 0 Å². The van der Waals surface area contributed by atoms with Crippen molar-refractivity contribution in [3.05, 3.63) is 120 Å². The monoisotopic (exact) mass is 384 g/mol. The van der Waals surface area contributed by atoms with E-state index in [0.29, 0.717) is 0 Å². The van der Waals surface area contributed by atoms with Gasteiger partial charge in [0.25, 0.3) is 0 Å². The van der Waals surface area contributed by atoms with Crippen molar-refractivity contribution in [2.45, 2.75) is 0 Å². The predicted octanol–water partition coefficient (Wildman–Crippen LogP) is 7.49. The Morgan fingerprint density at radius 3 is 1.30 bits per heavy atom. The predicted molar refractivity (Wildman–Crippen MR) is 129 cm³/mol. The van der Waals surface area contributed by atoms with E-state index in [1.54, 1.807) is 0 Å². The highest BCUT2D eigenvalue weighted by molar-refractivity contribution is 6.02. The average Bonchev–Trinajstić information content (AvgIpc) is 2.82. The lowest BCUT2D eigenvalue weighted by molar-refractivity contribution is 1.46. The summed E-state index contributed by atoms with van der Waals surface area (Å²) in [6.45, 7) is 0. The van der Waals surface area contributed by atoms with Gasteiger partial charge in [-0.25, -0.2) is 0 Å². The van der Waals surface area contributed by atoms with Gasteiger partial charge >= 0.3 is 0 Å². The second-order valence-electron chi connectivity index (χ2n) is 7.14. The number of para-hydroxylation sites is 2. The van der Waals surface area contributed by atoms with Gasteiger partial charge in [0.1, 0.15) is 0 Å². The largest absolute Gasteiger partial charge is 0.254 e. The summed E-state index contributed by atoms with van der Waals surface area (Å²) in [5.74, 6) is 0. The van der Waals surface area contributed by atoms with E-state index in [1.165, 1.54) is 21.5 Å². The molecule has 0 heterocycles. The third-order valence-corrected chi connectivity index (χ3v) is 5.21. The van der Waals surface area contributed by atoms with E-state index in [1.807, 2.05) is 36.7 Å². The number of benzene rings is 5. The summed E-state index contributed by atoms with van der Waals surface area (Å²) < 4.78 is 0. The maximum absolute atomic E-state index is 4.76. The van der Waals surface area contributed by atoms with Gasteiger partial charge in [0.05, 0.1) is 11.4 Å². The van der Waals surface area contributed by atoms with Crippen LogP contribution in [0.15, 0.2) is 119 Å². The molecule has 0 aliphatic rings. The second kappa shape index (κ2) is 8.14. The highest BCUT2D eigenvalue weighted by Crippen LogP contribution is 2.28. The van der Waals surface area contributed by atoms with Gasteiger partial charge in [0.2, 0.25) is 0 Å². The number of rotatable bonds is 4. The summed E-state index contributed by atoms with van der Waals surface area (Å²) in [7, 11) is 0. The van der Waals surface area contributed by atoms with Crippen LogP contribution in [0.25, 0.3) is 21.5 Å². The number of hydrogen-bond acceptors (Lipinski definition) is 2. The molecule has 0 bridgehead atoms. The molecular weight excluding hydrogens is 364 g/mol. The Morgan fingerprint density at radius 1 is 0.400 bits per heavy atom. The molecule has 0 aliphatic heterocycles. The van der Waals surface area contributed by atoms with E-state index in [-0.39, 0.29) is 0 Å². The van der Waals surface area contributed by atoms with Crippen molar-refractivity contribution in [3.8, 4) is 0 Å². The molecule has 2 heteroatoms. The van der Waals surface area contributed by atoms with E-state index in [9.17, 15) is 0 Å². The first-order chi connectivity index (χ1) is 14.9. The number of nitrogens with zero attached hydrogens (tertiary/aromatic N) is 2. The summed E-state index contributed by atoms with van der Waals surface area (Å²) in [6.07, 6.45) is 3.85. The van der Waals surface area contributed by atoms with Crippen LogP contribution in [0.1, 0.15) is 11.1 Å². The molecule has 0 saturated heterocycles. The van der Waals surface area contributed by atoms with Crippen LogP contribution in [0.2, 0.25) is 0 Å². The average molecular weight is 384 g/mol. The minimum Gasteiger partial charge on any atom is -0.254 e. The molecule has 0 unspecified atom stereocenters. The SMILES string of the molecule is C(=Nc1ccccc1N=Cc1cccc2ccccc12)c1cccc2ccccc12. The number of fused-ring (bicyclic) bond motifs is 2. The number of aliphatic imine (C=N–C) groups is 2. The molecule has 142 valence electrons. The second-order valence-corrected chi connectivity index (χ2v) is 7.14. The van der Waals surface area contributed by atoms with Crippen LogP contribution in [0.4, 0.5) is 11.4 Å². The molecule has 5 aromatic carbocycles. The maximum Gasteiger partial charge on any atom is 0.0886 e. The Bertz CT molecular complexity index is 1280. The van der Waals surface area contributed by atoms with Crippen LogP contribution >= 0.6 is 0 Å². The molecule has 5 aromatic rings. The molecule has 0 aliphatic carbocycles. The lowest BCUT2D eigenvalue weighted by Gasteiger charge is -2.04. The maximum atomic E-state index is 4.76. The van der Waals surface area contributed by atoms with Gasteiger partial charge in [-0.3, -0.25) is 9.98 Å². The first kappa shape index (κ1) is 18.0. The molecule has 0 N–H and O–H groups in total. The van der Waals surface area contributed by atoms with Crippen molar-refractivity contribution in [2.75, 3.05) is 0 Å². The first-order valence-corrected chi connectivity index (χ1v) is 10.0. The fourth-order valence-electron chi connectivity index (χ4n) is 3.69. The Kier molecular flexibility index (Phi) is 4.89. The molecule has 0 saturated carbocycles. The Labute approximate surface area is 175 Å². The molecule has 2 nitrogen and oxygen atoms in total. The fraction of sp³-hybridized carbons (Fsp3) is 0. The summed E-state index contributed by atoms with van der Waals surface area (Å²) in [4.78, 5) is 9.52. The van der Waals surface area contributed by atoms with Crippen LogP contribution < -0.4 is 0 Å². The van der Waals surface area contributed by atoms with Crippen molar-refractivity contribution in [1.82, 2.24) is 0 Å². The third-order valence-electron chi connectivity index (χ3n) is 5.21. The molecule has 0 amide bonds. The molecule has 30 heavy (non-hydrogen) atoms. The zero-order chi connectivity index (χ0) is 20.2. The van der Waals surface area contributed by atoms with Crippen LogP contribution in [-0.4, -0.2) is 12.4 Å². The van der Waals surface area contributed by atoms with E-state index in [4.69, 9.17) is 9.98 Å². The standard InChI is InChI=1S/C28H20N2/c1-3-15-25-21(9-1)11-7-13-23(25)19-29-27-17-5-6-18-28(27)30-20-24-14-8-12-22-10-2-4-16-26(22)24/h1-20H. The molecule has 0 aromatic heterocycles. The van der Waals surface area contributed by atoms with E-state index in [2.05, 4.69) is 84.9 Å². The Morgan fingerprint density at radius 2 is 0.800 bits per heavy atom. The van der Waals surface area contributed by atoms with Crippen molar-refractivity contribution < 1.29 is 0 Å². The Hall–Kier alpha value is -4.04. The number of hydrogen-bond donors (Lipinski definition) is 0. The Balaban J connectivity index is 1.50. The van der Waals surface area contributed by atoms with Crippen molar-refractivity contribution in [3.63, 3.8) is 0 Å². The van der Waals surface area contributed by atoms with Gasteiger partial charge in [-0.05, 0) is 33.7 Å². The molecule has 0 radical (unpaired) electrons. The minimum absolute atomic E-state index is 0.849.